The van der Waals surface area contributed by atoms with Gasteiger partial charge in [-0.15, -0.1) is 0 Å². The molecule has 1 fully saturated rings. The summed E-state index contributed by atoms with van der Waals surface area (Å²) in [5, 5.41) is 5.70. The first-order valence-corrected chi connectivity index (χ1v) is 12.2. The van der Waals surface area contributed by atoms with E-state index in [2.05, 4.69) is 26.5 Å². The number of hydrogen-bond acceptors (Lipinski definition) is 6. The van der Waals surface area contributed by atoms with Gasteiger partial charge in [0.05, 0.1) is 12.7 Å². The van der Waals surface area contributed by atoms with Crippen LogP contribution in [-0.2, 0) is 4.79 Å². The van der Waals surface area contributed by atoms with Gasteiger partial charge in [0.2, 0.25) is 0 Å². The monoisotopic (exact) mass is 478 g/mol. The van der Waals surface area contributed by atoms with Gasteiger partial charge in [-0.05, 0) is 61.9 Å². The summed E-state index contributed by atoms with van der Waals surface area (Å²) in [5.41, 5.74) is 3.27. The summed E-state index contributed by atoms with van der Waals surface area (Å²) in [7, 11) is 3.27. The largest absolute Gasteiger partial charge is 0.497 e. The summed E-state index contributed by atoms with van der Waals surface area (Å²) in [4.78, 5) is 29.2. The van der Waals surface area contributed by atoms with Crippen LogP contribution in [0.3, 0.4) is 0 Å². The van der Waals surface area contributed by atoms with Crippen molar-refractivity contribution in [2.45, 2.75) is 12.8 Å². The zero-order valence-electron chi connectivity index (χ0n) is 20.5. The molecule has 0 saturated carbocycles. The van der Waals surface area contributed by atoms with Gasteiger partial charge in [0.15, 0.2) is 0 Å². The highest BCUT2D eigenvalue weighted by atomic mass is 16.5. The van der Waals surface area contributed by atoms with Crippen molar-refractivity contribution < 1.29 is 19.1 Å². The molecule has 2 aromatic carbocycles. The Labute approximate surface area is 206 Å². The Morgan fingerprint density at radius 3 is 2.63 bits per heavy atom. The van der Waals surface area contributed by atoms with E-state index in [1.807, 2.05) is 42.5 Å². The summed E-state index contributed by atoms with van der Waals surface area (Å²) >= 11 is 0. The number of nitrogens with one attached hydrogen (secondary N) is 2. The number of amides is 2. The lowest BCUT2D eigenvalue weighted by atomic mass is 10.1. The third kappa shape index (κ3) is 6.33. The number of nitrogens with zero attached hydrogens (tertiary/aromatic N) is 2. The van der Waals surface area contributed by atoms with E-state index in [1.54, 1.807) is 14.2 Å². The minimum atomic E-state index is -0.0777. The average Bonchev–Trinajstić information content (AvgIpc) is 2.92. The Balaban J connectivity index is 1.15. The van der Waals surface area contributed by atoms with Gasteiger partial charge in [0, 0.05) is 56.6 Å². The van der Waals surface area contributed by atoms with E-state index in [0.717, 1.165) is 68.3 Å². The molecule has 2 aliphatic rings. The summed E-state index contributed by atoms with van der Waals surface area (Å²) in [6.45, 7) is 5.80. The first-order chi connectivity index (χ1) is 17.1. The van der Waals surface area contributed by atoms with Crippen molar-refractivity contribution in [2.75, 3.05) is 64.9 Å². The van der Waals surface area contributed by atoms with Crippen LogP contribution in [0.1, 0.15) is 28.8 Å². The van der Waals surface area contributed by atoms with Crippen molar-refractivity contribution in [3.8, 4) is 11.5 Å². The second kappa shape index (κ2) is 11.8. The standard InChI is InChI=1S/C27H34N4O4/c1-28-26(32)20-6-5-7-23(17-20)31-14-12-30(13-15-31)11-4-3-10-29-27(33)22-16-21-18-24(34-2)8-9-25(21)35-19-22/h5-9,16-18H,3-4,10-15,19H2,1-2H3,(H,28,32)(H,29,33). The fourth-order valence-electron chi connectivity index (χ4n) is 4.41. The maximum Gasteiger partial charge on any atom is 0.251 e. The third-order valence-corrected chi connectivity index (χ3v) is 6.48. The zero-order valence-corrected chi connectivity index (χ0v) is 20.5. The van der Waals surface area contributed by atoms with Crippen molar-refractivity contribution in [2.24, 2.45) is 0 Å². The number of methoxy groups -OCH3 is 1. The fourth-order valence-corrected chi connectivity index (χ4v) is 4.41. The van der Waals surface area contributed by atoms with Gasteiger partial charge in [-0.3, -0.25) is 14.5 Å². The molecule has 0 bridgehead atoms. The van der Waals surface area contributed by atoms with Crippen LogP contribution in [0.4, 0.5) is 5.69 Å². The van der Waals surface area contributed by atoms with Crippen LogP contribution in [0.2, 0.25) is 0 Å². The first-order valence-electron chi connectivity index (χ1n) is 12.2. The number of anilines is 1. The molecule has 2 aliphatic heterocycles. The van der Waals surface area contributed by atoms with Crippen molar-refractivity contribution in [3.05, 3.63) is 59.2 Å². The van der Waals surface area contributed by atoms with Gasteiger partial charge < -0.3 is 25.0 Å². The van der Waals surface area contributed by atoms with E-state index in [-0.39, 0.29) is 18.4 Å². The topological polar surface area (TPSA) is 83.1 Å². The van der Waals surface area contributed by atoms with Gasteiger partial charge in [-0.2, -0.15) is 0 Å². The number of hydrogen-bond donors (Lipinski definition) is 2. The predicted molar refractivity (Wildman–Crippen MR) is 137 cm³/mol. The van der Waals surface area contributed by atoms with E-state index in [9.17, 15) is 9.59 Å². The SMILES string of the molecule is CNC(=O)c1cccc(N2CCN(CCCCNC(=O)C3=Cc4cc(OC)ccc4OC3)CC2)c1. The zero-order chi connectivity index (χ0) is 24.6. The Hall–Kier alpha value is -3.52. The maximum atomic E-state index is 12.6. The Kier molecular flexibility index (Phi) is 8.26. The van der Waals surface area contributed by atoms with Crippen LogP contribution < -0.4 is 25.0 Å². The molecule has 0 aliphatic carbocycles. The van der Waals surface area contributed by atoms with E-state index in [0.29, 0.717) is 17.7 Å². The summed E-state index contributed by atoms with van der Waals surface area (Å²) in [6, 6.07) is 13.4. The highest BCUT2D eigenvalue weighted by Crippen LogP contribution is 2.29. The molecule has 2 N–H and O–H groups in total. The smallest absolute Gasteiger partial charge is 0.251 e. The summed E-state index contributed by atoms with van der Waals surface area (Å²) in [5.74, 6) is 1.37. The van der Waals surface area contributed by atoms with Crippen molar-refractivity contribution in [1.29, 1.82) is 0 Å². The Morgan fingerprint density at radius 2 is 1.86 bits per heavy atom. The lowest BCUT2D eigenvalue weighted by Gasteiger charge is -2.36. The number of benzene rings is 2. The number of carbonyl (C=O) groups excluding carboxylic acids is 2. The molecular formula is C27H34N4O4. The van der Waals surface area contributed by atoms with Gasteiger partial charge in [-0.25, -0.2) is 0 Å². The lowest BCUT2D eigenvalue weighted by molar-refractivity contribution is -0.117. The van der Waals surface area contributed by atoms with E-state index >= 15 is 0 Å². The number of ether oxygens (including phenoxy) is 2. The van der Waals surface area contributed by atoms with Gasteiger partial charge in [0.1, 0.15) is 18.1 Å². The predicted octanol–water partition coefficient (Wildman–Crippen LogP) is 2.55. The van der Waals surface area contributed by atoms with E-state index in [1.165, 1.54) is 0 Å². The third-order valence-electron chi connectivity index (χ3n) is 6.48. The Bertz CT molecular complexity index is 1080. The second-order valence-corrected chi connectivity index (χ2v) is 8.78. The lowest BCUT2D eigenvalue weighted by Crippen LogP contribution is -2.46. The molecule has 0 spiro atoms. The molecule has 0 unspecified atom stereocenters. The molecule has 186 valence electrons. The van der Waals surface area contributed by atoms with Crippen LogP contribution in [0, 0.1) is 0 Å². The molecule has 0 aromatic heterocycles. The second-order valence-electron chi connectivity index (χ2n) is 8.78. The van der Waals surface area contributed by atoms with Crippen LogP contribution in [-0.4, -0.2) is 76.7 Å². The first kappa shape index (κ1) is 24.6. The number of fused-ring (bicyclic) bond motifs is 1. The van der Waals surface area contributed by atoms with Crippen LogP contribution in [0.15, 0.2) is 48.0 Å². The molecule has 8 nitrogen and oxygen atoms in total. The molecule has 0 radical (unpaired) electrons. The molecule has 4 rings (SSSR count). The van der Waals surface area contributed by atoms with E-state index in [4.69, 9.17) is 9.47 Å². The molecule has 1 saturated heterocycles. The maximum absolute atomic E-state index is 12.6. The van der Waals surface area contributed by atoms with Gasteiger partial charge >= 0.3 is 0 Å². The highest BCUT2D eigenvalue weighted by molar-refractivity contribution is 5.99. The van der Waals surface area contributed by atoms with Gasteiger partial charge in [-0.1, -0.05) is 6.07 Å². The molecule has 8 heteroatoms. The molecular weight excluding hydrogens is 444 g/mol. The number of piperazine rings is 1. The molecule has 35 heavy (non-hydrogen) atoms. The normalized spacial score (nSPS) is 15.5. The molecule has 2 amide bonds. The molecule has 0 atom stereocenters. The van der Waals surface area contributed by atoms with Crippen LogP contribution in [0.25, 0.3) is 6.08 Å². The highest BCUT2D eigenvalue weighted by Gasteiger charge is 2.19. The molecule has 2 aromatic rings. The Morgan fingerprint density at radius 1 is 1.03 bits per heavy atom. The molecule has 2 heterocycles. The van der Waals surface area contributed by atoms with Crippen LogP contribution >= 0.6 is 0 Å². The summed E-state index contributed by atoms with van der Waals surface area (Å²) < 4.78 is 11.0. The quantitative estimate of drug-likeness (QED) is 0.539. The summed E-state index contributed by atoms with van der Waals surface area (Å²) in [6.07, 6.45) is 3.83. The number of rotatable bonds is 9. The van der Waals surface area contributed by atoms with Crippen molar-refractivity contribution in [1.82, 2.24) is 15.5 Å². The van der Waals surface area contributed by atoms with Gasteiger partial charge in [0.25, 0.3) is 11.8 Å². The van der Waals surface area contributed by atoms with Crippen molar-refractivity contribution in [3.63, 3.8) is 0 Å². The minimum absolute atomic E-state index is 0.0603. The van der Waals surface area contributed by atoms with E-state index < -0.39 is 0 Å². The fraction of sp³-hybridized carbons (Fsp3) is 0.407. The number of unbranched alkanes of at least 4 members (excludes halogenated alkanes) is 1. The number of carbonyl (C=O) groups is 2. The average molecular weight is 479 g/mol. The van der Waals surface area contributed by atoms with Crippen LogP contribution in [0.5, 0.6) is 11.5 Å². The minimum Gasteiger partial charge on any atom is -0.497 e. The van der Waals surface area contributed by atoms with Crippen molar-refractivity contribution >= 4 is 23.6 Å².